The number of carbonyl (C=O) groups is 1. The lowest BCUT2D eigenvalue weighted by Crippen LogP contribution is -2.23. The van der Waals surface area contributed by atoms with E-state index in [9.17, 15) is 9.18 Å². The van der Waals surface area contributed by atoms with Crippen molar-refractivity contribution in [2.75, 3.05) is 12.4 Å². The quantitative estimate of drug-likeness (QED) is 0.903. The highest BCUT2D eigenvalue weighted by atomic mass is 19.1. The average Bonchev–Trinajstić information content (AvgIpc) is 2.73. The summed E-state index contributed by atoms with van der Waals surface area (Å²) >= 11 is 0. The van der Waals surface area contributed by atoms with Crippen LogP contribution in [0.25, 0.3) is 0 Å². The van der Waals surface area contributed by atoms with Gasteiger partial charge in [-0.1, -0.05) is 12.1 Å². The molecule has 0 aliphatic carbocycles. The Morgan fingerprint density at radius 2 is 2.00 bits per heavy atom. The van der Waals surface area contributed by atoms with Crippen LogP contribution in [0.2, 0.25) is 0 Å². The van der Waals surface area contributed by atoms with Gasteiger partial charge in [0.25, 0.3) is 0 Å². The fourth-order valence-electron chi connectivity index (χ4n) is 2.26. The van der Waals surface area contributed by atoms with E-state index in [0.717, 1.165) is 5.56 Å². The summed E-state index contributed by atoms with van der Waals surface area (Å²) in [5, 5.41) is 5.72. The molecule has 0 bridgehead atoms. The molecule has 4 nitrogen and oxygen atoms in total. The van der Waals surface area contributed by atoms with E-state index in [2.05, 4.69) is 10.6 Å². The number of hydrogen-bond acceptors (Lipinski definition) is 3. The van der Waals surface area contributed by atoms with Crippen LogP contribution in [0.15, 0.2) is 42.5 Å². The van der Waals surface area contributed by atoms with Crippen molar-refractivity contribution in [2.45, 2.75) is 6.04 Å². The number of hydrogen-bond donors (Lipinski definition) is 2. The highest BCUT2D eigenvalue weighted by Gasteiger charge is 2.29. The van der Waals surface area contributed by atoms with Crippen molar-refractivity contribution in [3.8, 4) is 11.5 Å². The van der Waals surface area contributed by atoms with Crippen molar-refractivity contribution >= 4 is 11.6 Å². The molecule has 1 unspecified atom stereocenters. The first-order valence-electron chi connectivity index (χ1n) is 6.23. The summed E-state index contributed by atoms with van der Waals surface area (Å²) in [7, 11) is 1.73. The van der Waals surface area contributed by atoms with E-state index in [1.54, 1.807) is 31.3 Å². The molecule has 2 aromatic rings. The first kappa shape index (κ1) is 12.6. The number of fused-ring (bicyclic) bond motifs is 1. The molecule has 20 heavy (non-hydrogen) atoms. The predicted octanol–water partition coefficient (Wildman–Crippen LogP) is 2.83. The minimum atomic E-state index is -0.354. The van der Waals surface area contributed by atoms with Crippen molar-refractivity contribution in [2.24, 2.45) is 0 Å². The topological polar surface area (TPSA) is 50.4 Å². The van der Waals surface area contributed by atoms with E-state index in [1.165, 1.54) is 12.1 Å². The fraction of sp³-hybridized carbons (Fsp3) is 0.133. The lowest BCUT2D eigenvalue weighted by atomic mass is 10.1. The first-order chi connectivity index (χ1) is 9.67. The lowest BCUT2D eigenvalue weighted by molar-refractivity contribution is -0.117. The third kappa shape index (κ3) is 2.23. The summed E-state index contributed by atoms with van der Waals surface area (Å²) in [5.41, 5.74) is 1.59. The van der Waals surface area contributed by atoms with E-state index >= 15 is 0 Å². The van der Waals surface area contributed by atoms with Gasteiger partial charge in [-0.05, 0) is 25.2 Å². The molecule has 0 fully saturated rings. The Morgan fingerprint density at radius 3 is 2.75 bits per heavy atom. The molecular weight excluding hydrogens is 259 g/mol. The van der Waals surface area contributed by atoms with Gasteiger partial charge in [0.1, 0.15) is 23.4 Å². The molecule has 0 spiro atoms. The minimum Gasteiger partial charge on any atom is -0.457 e. The van der Waals surface area contributed by atoms with Crippen molar-refractivity contribution in [3.63, 3.8) is 0 Å². The second-order valence-corrected chi connectivity index (χ2v) is 4.52. The van der Waals surface area contributed by atoms with Gasteiger partial charge in [-0.15, -0.1) is 0 Å². The molecule has 0 saturated carbocycles. The number of likely N-dealkylation sites (N-methyl/N-ethyl adjacent to an activating group) is 1. The highest BCUT2D eigenvalue weighted by molar-refractivity contribution is 6.02. The zero-order valence-corrected chi connectivity index (χ0v) is 10.8. The molecule has 1 atom stereocenters. The van der Waals surface area contributed by atoms with Gasteiger partial charge in [0.2, 0.25) is 5.91 Å². The Hall–Kier alpha value is -2.40. The Bertz CT molecular complexity index is 673. The van der Waals surface area contributed by atoms with Crippen molar-refractivity contribution in [3.05, 3.63) is 53.8 Å². The number of carbonyl (C=O) groups excluding carboxylic acids is 1. The monoisotopic (exact) mass is 272 g/mol. The van der Waals surface area contributed by atoms with Gasteiger partial charge < -0.3 is 15.4 Å². The molecule has 0 aromatic heterocycles. The molecule has 2 aromatic carbocycles. The number of ether oxygens (including phenoxy) is 1. The van der Waals surface area contributed by atoms with Crippen LogP contribution in [0.4, 0.5) is 10.1 Å². The molecular formula is C15H13FN2O2. The fourth-order valence-corrected chi connectivity index (χ4v) is 2.26. The molecule has 1 aliphatic heterocycles. The van der Waals surface area contributed by atoms with Crippen LogP contribution >= 0.6 is 0 Å². The van der Waals surface area contributed by atoms with Crippen LogP contribution < -0.4 is 15.4 Å². The molecule has 102 valence electrons. The predicted molar refractivity (Wildman–Crippen MR) is 73.3 cm³/mol. The van der Waals surface area contributed by atoms with Crippen molar-refractivity contribution < 1.29 is 13.9 Å². The summed E-state index contributed by atoms with van der Waals surface area (Å²) in [4.78, 5) is 11.7. The number of amides is 1. The highest BCUT2D eigenvalue weighted by Crippen LogP contribution is 2.34. The molecule has 3 rings (SSSR count). The molecule has 2 N–H and O–H groups in total. The molecule has 0 radical (unpaired) electrons. The standard InChI is InChI=1S/C15H13FN2O2/c1-17-14-12-6-5-11(8-13(12)18-15(14)19)20-10-4-2-3-9(16)7-10/h2-8,14,17H,1H3,(H,18,19). The third-order valence-electron chi connectivity index (χ3n) is 3.18. The van der Waals surface area contributed by atoms with Gasteiger partial charge in [-0.2, -0.15) is 0 Å². The number of nitrogens with one attached hydrogen (secondary N) is 2. The van der Waals surface area contributed by atoms with Crippen molar-refractivity contribution in [1.82, 2.24) is 5.32 Å². The first-order valence-corrected chi connectivity index (χ1v) is 6.23. The van der Waals surface area contributed by atoms with E-state index < -0.39 is 0 Å². The Labute approximate surface area is 115 Å². The maximum absolute atomic E-state index is 13.1. The summed E-state index contributed by atoms with van der Waals surface area (Å²) in [6.45, 7) is 0. The summed E-state index contributed by atoms with van der Waals surface area (Å²) in [6.07, 6.45) is 0. The largest absolute Gasteiger partial charge is 0.457 e. The summed E-state index contributed by atoms with van der Waals surface area (Å²) in [6, 6.07) is 10.9. The summed E-state index contributed by atoms with van der Waals surface area (Å²) in [5.74, 6) is 0.517. The van der Waals surface area contributed by atoms with Crippen LogP contribution in [0.3, 0.4) is 0 Å². The Morgan fingerprint density at radius 1 is 1.20 bits per heavy atom. The minimum absolute atomic E-state index is 0.0922. The zero-order chi connectivity index (χ0) is 14.1. The second kappa shape index (κ2) is 4.94. The third-order valence-corrected chi connectivity index (χ3v) is 3.18. The van der Waals surface area contributed by atoms with Crippen molar-refractivity contribution in [1.29, 1.82) is 0 Å². The van der Waals surface area contributed by atoms with E-state index in [0.29, 0.717) is 17.2 Å². The Kier molecular flexibility index (Phi) is 3.12. The van der Waals surface area contributed by atoms with Crippen LogP contribution in [0.5, 0.6) is 11.5 Å². The van der Waals surface area contributed by atoms with Gasteiger partial charge in [0, 0.05) is 23.4 Å². The number of rotatable bonds is 3. The van der Waals surface area contributed by atoms with Crippen LogP contribution in [-0.4, -0.2) is 13.0 Å². The normalized spacial score (nSPS) is 16.7. The zero-order valence-electron chi connectivity index (χ0n) is 10.8. The van der Waals surface area contributed by atoms with Crippen LogP contribution in [0.1, 0.15) is 11.6 Å². The van der Waals surface area contributed by atoms with Gasteiger partial charge >= 0.3 is 0 Å². The van der Waals surface area contributed by atoms with Crippen LogP contribution in [-0.2, 0) is 4.79 Å². The van der Waals surface area contributed by atoms with E-state index in [1.807, 2.05) is 6.07 Å². The molecule has 1 aliphatic rings. The van der Waals surface area contributed by atoms with Gasteiger partial charge in [-0.25, -0.2) is 4.39 Å². The van der Waals surface area contributed by atoms with E-state index in [-0.39, 0.29) is 17.8 Å². The number of benzene rings is 2. The average molecular weight is 272 g/mol. The SMILES string of the molecule is CNC1C(=O)Nc2cc(Oc3cccc(F)c3)ccc21. The number of anilines is 1. The molecule has 0 saturated heterocycles. The summed E-state index contributed by atoms with van der Waals surface area (Å²) < 4.78 is 18.7. The molecule has 5 heteroatoms. The van der Waals surface area contributed by atoms with Gasteiger partial charge in [0.15, 0.2) is 0 Å². The molecule has 1 amide bonds. The van der Waals surface area contributed by atoms with Crippen LogP contribution in [0, 0.1) is 5.82 Å². The van der Waals surface area contributed by atoms with Gasteiger partial charge in [-0.3, -0.25) is 4.79 Å². The second-order valence-electron chi connectivity index (χ2n) is 4.52. The smallest absolute Gasteiger partial charge is 0.246 e. The van der Waals surface area contributed by atoms with Gasteiger partial charge in [0.05, 0.1) is 0 Å². The number of halogens is 1. The lowest BCUT2D eigenvalue weighted by Gasteiger charge is -2.09. The maximum Gasteiger partial charge on any atom is 0.246 e. The van der Waals surface area contributed by atoms with E-state index in [4.69, 9.17) is 4.74 Å². The Balaban J connectivity index is 1.87. The maximum atomic E-state index is 13.1. The molecule has 1 heterocycles.